The van der Waals surface area contributed by atoms with E-state index in [2.05, 4.69) is 0 Å². The molecule has 0 aromatic heterocycles. The molecule has 2 heterocycles. The van der Waals surface area contributed by atoms with Crippen molar-refractivity contribution in [3.8, 4) is 6.07 Å². The predicted molar refractivity (Wildman–Crippen MR) is 112 cm³/mol. The lowest BCUT2D eigenvalue weighted by atomic mass is 10.0. The number of benzene rings is 2. The fraction of sp³-hybridized carbons (Fsp3) is 0.304. The summed E-state index contributed by atoms with van der Waals surface area (Å²) < 4.78 is 55.4. The maximum Gasteiger partial charge on any atom is 0.417 e. The van der Waals surface area contributed by atoms with E-state index < -0.39 is 46.3 Å². The summed E-state index contributed by atoms with van der Waals surface area (Å²) in [7, 11) is 0. The van der Waals surface area contributed by atoms with Crippen molar-refractivity contribution in [1.82, 2.24) is 4.90 Å². The Hall–Kier alpha value is -3.94. The molecular weight excluding hydrogens is 456 g/mol. The lowest BCUT2D eigenvalue weighted by molar-refractivity contribution is -0.137. The Morgan fingerprint density at radius 3 is 2.38 bits per heavy atom. The monoisotopic (exact) mass is 474 g/mol. The summed E-state index contributed by atoms with van der Waals surface area (Å²) in [6.45, 7) is 5.01. The van der Waals surface area contributed by atoms with Gasteiger partial charge in [0.1, 0.15) is 11.4 Å². The van der Waals surface area contributed by atoms with Gasteiger partial charge in [0.05, 0.1) is 28.6 Å². The molecule has 4 amide bonds. The maximum absolute atomic E-state index is 15.1. The molecule has 4 rings (SSSR count). The highest BCUT2D eigenvalue weighted by Crippen LogP contribution is 2.41. The van der Waals surface area contributed by atoms with E-state index >= 15 is 4.39 Å². The normalized spacial score (nSPS) is 17.5. The highest BCUT2D eigenvalue weighted by atomic mass is 19.4. The van der Waals surface area contributed by atoms with Crippen molar-refractivity contribution < 1.29 is 31.9 Å². The Bertz CT molecular complexity index is 1300. The van der Waals surface area contributed by atoms with Crippen LogP contribution in [0.25, 0.3) is 0 Å². The molecule has 34 heavy (non-hydrogen) atoms. The van der Waals surface area contributed by atoms with E-state index in [0.29, 0.717) is 23.1 Å². The maximum atomic E-state index is 15.1. The van der Waals surface area contributed by atoms with E-state index in [4.69, 9.17) is 5.26 Å². The molecular formula is C23H18F4N4O3. The molecule has 0 spiro atoms. The van der Waals surface area contributed by atoms with Crippen molar-refractivity contribution in [2.75, 3.05) is 16.3 Å². The number of alkyl halides is 3. The van der Waals surface area contributed by atoms with E-state index in [9.17, 15) is 27.6 Å². The Morgan fingerprint density at radius 2 is 1.79 bits per heavy atom. The Balaban J connectivity index is 1.82. The van der Waals surface area contributed by atoms with Gasteiger partial charge in [-0.1, -0.05) is 0 Å². The summed E-state index contributed by atoms with van der Waals surface area (Å²) in [6, 6.07) is 5.12. The number of carbonyl (C=O) groups excluding carboxylic acids is 3. The summed E-state index contributed by atoms with van der Waals surface area (Å²) in [4.78, 5) is 41.9. The second-order valence-corrected chi connectivity index (χ2v) is 8.44. The van der Waals surface area contributed by atoms with Crippen LogP contribution in [0.1, 0.15) is 47.8 Å². The largest absolute Gasteiger partial charge is 0.417 e. The van der Waals surface area contributed by atoms with Crippen LogP contribution in [0.5, 0.6) is 0 Å². The van der Waals surface area contributed by atoms with E-state index in [-0.39, 0.29) is 23.7 Å². The van der Waals surface area contributed by atoms with E-state index in [1.165, 1.54) is 30.9 Å². The Kier molecular flexibility index (Phi) is 5.16. The smallest absolute Gasteiger partial charge is 0.335 e. The number of rotatable bonds is 3. The van der Waals surface area contributed by atoms with Gasteiger partial charge in [-0.25, -0.2) is 14.1 Å². The first-order valence-electron chi connectivity index (χ1n) is 10.2. The molecule has 0 radical (unpaired) electrons. The lowest BCUT2D eigenvalue weighted by Gasteiger charge is -2.28. The van der Waals surface area contributed by atoms with Gasteiger partial charge in [-0.15, -0.1) is 0 Å². The summed E-state index contributed by atoms with van der Waals surface area (Å²) >= 11 is 0. The second-order valence-electron chi connectivity index (χ2n) is 8.44. The first kappa shape index (κ1) is 23.2. The van der Waals surface area contributed by atoms with Crippen molar-refractivity contribution in [2.24, 2.45) is 0 Å². The zero-order valence-corrected chi connectivity index (χ0v) is 18.3. The van der Waals surface area contributed by atoms with Gasteiger partial charge in [-0.2, -0.15) is 18.4 Å². The van der Waals surface area contributed by atoms with Gasteiger partial charge in [0.2, 0.25) is 0 Å². The van der Waals surface area contributed by atoms with Gasteiger partial charge >= 0.3 is 12.2 Å². The third kappa shape index (κ3) is 3.29. The number of imide groups is 1. The van der Waals surface area contributed by atoms with Gasteiger partial charge in [0.25, 0.3) is 11.8 Å². The average Bonchev–Trinajstić information content (AvgIpc) is 3.16. The molecule has 2 aromatic rings. The molecule has 0 aliphatic carbocycles. The topological polar surface area (TPSA) is 84.7 Å². The highest BCUT2D eigenvalue weighted by Gasteiger charge is 2.54. The number of halogens is 4. The molecule has 2 aliphatic rings. The summed E-state index contributed by atoms with van der Waals surface area (Å²) in [6.07, 6.45) is -4.90. The van der Waals surface area contributed by atoms with Crippen LogP contribution in [-0.4, -0.2) is 34.8 Å². The van der Waals surface area contributed by atoms with Crippen LogP contribution in [0.15, 0.2) is 30.3 Å². The third-order valence-corrected chi connectivity index (χ3v) is 6.03. The fourth-order valence-corrected chi connectivity index (χ4v) is 4.24. The number of hydrogen-bond donors (Lipinski definition) is 0. The molecule has 1 saturated heterocycles. The second kappa shape index (κ2) is 7.55. The number of nitriles is 1. The molecule has 0 bridgehead atoms. The van der Waals surface area contributed by atoms with Gasteiger partial charge < -0.3 is 4.90 Å². The summed E-state index contributed by atoms with van der Waals surface area (Å²) in [5.74, 6) is -2.10. The van der Waals surface area contributed by atoms with Crippen molar-refractivity contribution in [3.05, 3.63) is 58.4 Å². The van der Waals surface area contributed by atoms with Crippen LogP contribution in [0.4, 0.5) is 33.7 Å². The summed E-state index contributed by atoms with van der Waals surface area (Å²) in [5, 5.41) is 9.00. The SMILES string of the molecule is CCN1Cc2cc(F)c(N3C(=O)N(c4ccc(C#N)c(C(F)(F)F)c4)C(=O)C3(C)C)cc2C1=O. The van der Waals surface area contributed by atoms with Gasteiger partial charge in [0, 0.05) is 18.7 Å². The van der Waals surface area contributed by atoms with Crippen LogP contribution in [0.3, 0.4) is 0 Å². The summed E-state index contributed by atoms with van der Waals surface area (Å²) in [5.41, 5.74) is -3.78. The minimum Gasteiger partial charge on any atom is -0.335 e. The van der Waals surface area contributed by atoms with E-state index in [1.54, 1.807) is 6.92 Å². The molecule has 7 nitrogen and oxygen atoms in total. The first-order valence-corrected chi connectivity index (χ1v) is 10.2. The highest BCUT2D eigenvalue weighted by molar-refractivity contribution is 6.30. The standard InChI is InChI=1S/C23H18F4N4O3/c1-4-29-11-13-7-17(24)18(9-15(13)19(29)32)31-21(34)30(20(33)22(31,2)3)14-6-5-12(10-28)16(8-14)23(25,26)27/h5-9H,4,11H2,1-3H3. The molecule has 11 heteroatoms. The van der Waals surface area contributed by atoms with Crippen LogP contribution in [0, 0.1) is 17.1 Å². The lowest BCUT2D eigenvalue weighted by Crippen LogP contribution is -2.45. The Morgan fingerprint density at radius 1 is 1.12 bits per heavy atom. The van der Waals surface area contributed by atoms with Crippen molar-refractivity contribution >= 4 is 29.2 Å². The Labute approximate surface area is 191 Å². The zero-order valence-electron chi connectivity index (χ0n) is 18.3. The third-order valence-electron chi connectivity index (χ3n) is 6.03. The minimum absolute atomic E-state index is 0.186. The van der Waals surface area contributed by atoms with Crippen LogP contribution >= 0.6 is 0 Å². The van der Waals surface area contributed by atoms with Crippen LogP contribution in [-0.2, 0) is 17.5 Å². The van der Waals surface area contributed by atoms with Gasteiger partial charge in [-0.3, -0.25) is 14.5 Å². The molecule has 0 atom stereocenters. The number of fused-ring (bicyclic) bond motifs is 1. The number of carbonyl (C=O) groups is 3. The van der Waals surface area contributed by atoms with Crippen molar-refractivity contribution in [1.29, 1.82) is 5.26 Å². The zero-order chi connectivity index (χ0) is 25.2. The molecule has 0 saturated carbocycles. The number of urea groups is 1. The molecule has 2 aliphatic heterocycles. The van der Waals surface area contributed by atoms with Crippen LogP contribution in [0.2, 0.25) is 0 Å². The predicted octanol–water partition coefficient (Wildman–Crippen LogP) is 4.44. The van der Waals surface area contributed by atoms with Gasteiger partial charge in [-0.05, 0) is 56.7 Å². The number of amides is 4. The number of hydrogen-bond acceptors (Lipinski definition) is 4. The van der Waals surface area contributed by atoms with E-state index in [0.717, 1.165) is 23.1 Å². The van der Waals surface area contributed by atoms with Crippen LogP contribution < -0.4 is 9.80 Å². The van der Waals surface area contributed by atoms with Crippen molar-refractivity contribution in [3.63, 3.8) is 0 Å². The quantitative estimate of drug-likeness (QED) is 0.486. The van der Waals surface area contributed by atoms with Gasteiger partial charge in [0.15, 0.2) is 0 Å². The van der Waals surface area contributed by atoms with Crippen molar-refractivity contribution in [2.45, 2.75) is 39.0 Å². The molecule has 0 unspecified atom stereocenters. The number of nitrogens with zero attached hydrogens (tertiary/aromatic N) is 4. The number of anilines is 2. The molecule has 1 fully saturated rings. The first-order chi connectivity index (χ1) is 15.8. The fourth-order valence-electron chi connectivity index (χ4n) is 4.24. The van der Waals surface area contributed by atoms with E-state index in [1.807, 2.05) is 0 Å². The minimum atomic E-state index is -4.90. The average molecular weight is 474 g/mol. The molecule has 2 aromatic carbocycles. The molecule has 0 N–H and O–H groups in total. The molecule has 176 valence electrons.